The van der Waals surface area contributed by atoms with E-state index in [9.17, 15) is 19.5 Å². The van der Waals surface area contributed by atoms with Gasteiger partial charge in [0.05, 0.1) is 30.8 Å². The van der Waals surface area contributed by atoms with Crippen molar-refractivity contribution in [2.45, 2.75) is 75.7 Å². The van der Waals surface area contributed by atoms with Crippen LogP contribution in [0, 0.1) is 11.8 Å². The van der Waals surface area contributed by atoms with Gasteiger partial charge < -0.3 is 24.4 Å². The van der Waals surface area contributed by atoms with Crippen molar-refractivity contribution in [2.24, 2.45) is 11.8 Å². The SMILES string of the molecule is C=CCCCOC(=O)[C@@H]1[C@H]2C(=O)N([C@H](CO)c3ccccc3)C(C(=O)N(CC=C)CCCC)C23CC[C@@]1(C)O3. The van der Waals surface area contributed by atoms with E-state index in [1.54, 1.807) is 17.1 Å². The molecule has 212 valence electrons. The van der Waals surface area contributed by atoms with E-state index in [-0.39, 0.29) is 25.0 Å². The number of unbranched alkanes of at least 4 members (excludes halogenated alkanes) is 2. The molecule has 8 nitrogen and oxygen atoms in total. The van der Waals surface area contributed by atoms with Crippen LogP contribution in [0.4, 0.5) is 0 Å². The third-order valence-corrected chi connectivity index (χ3v) is 8.64. The van der Waals surface area contributed by atoms with E-state index in [4.69, 9.17) is 9.47 Å². The Hall–Kier alpha value is -2.97. The number of likely N-dealkylation sites (tertiary alicyclic amines) is 1. The van der Waals surface area contributed by atoms with Crippen molar-refractivity contribution in [1.29, 1.82) is 0 Å². The summed E-state index contributed by atoms with van der Waals surface area (Å²) in [4.78, 5) is 45.5. The first-order valence-corrected chi connectivity index (χ1v) is 14.1. The molecule has 0 radical (unpaired) electrons. The number of aliphatic hydroxyl groups is 1. The maximum Gasteiger partial charge on any atom is 0.312 e. The number of carbonyl (C=O) groups excluding carboxylic acids is 3. The fraction of sp³-hybridized carbons (Fsp3) is 0.581. The number of benzene rings is 1. The van der Waals surface area contributed by atoms with Gasteiger partial charge in [0.1, 0.15) is 17.6 Å². The molecule has 1 N–H and O–H groups in total. The van der Waals surface area contributed by atoms with Crippen molar-refractivity contribution in [3.05, 3.63) is 61.2 Å². The van der Waals surface area contributed by atoms with Crippen LogP contribution in [0.2, 0.25) is 0 Å². The number of nitrogens with zero attached hydrogens (tertiary/aromatic N) is 2. The summed E-state index contributed by atoms with van der Waals surface area (Å²) >= 11 is 0. The molecule has 2 amide bonds. The Morgan fingerprint density at radius 2 is 1.97 bits per heavy atom. The van der Waals surface area contributed by atoms with E-state index >= 15 is 0 Å². The van der Waals surface area contributed by atoms with Crippen LogP contribution < -0.4 is 0 Å². The molecule has 1 aromatic carbocycles. The van der Waals surface area contributed by atoms with Crippen molar-refractivity contribution in [3.8, 4) is 0 Å². The first kappa shape index (κ1) is 29.0. The lowest BCUT2D eigenvalue weighted by molar-refractivity contribution is -0.162. The largest absolute Gasteiger partial charge is 0.465 e. The van der Waals surface area contributed by atoms with Crippen LogP contribution >= 0.6 is 0 Å². The van der Waals surface area contributed by atoms with Gasteiger partial charge >= 0.3 is 5.97 Å². The van der Waals surface area contributed by atoms with Crippen molar-refractivity contribution in [3.63, 3.8) is 0 Å². The third kappa shape index (κ3) is 5.05. The van der Waals surface area contributed by atoms with Gasteiger partial charge in [0.15, 0.2) is 0 Å². The number of aliphatic hydroxyl groups excluding tert-OH is 1. The Morgan fingerprint density at radius 3 is 2.62 bits per heavy atom. The van der Waals surface area contributed by atoms with Gasteiger partial charge in [-0.15, -0.1) is 13.2 Å². The second-order valence-electron chi connectivity index (χ2n) is 11.1. The molecule has 1 aromatic rings. The number of amides is 2. The Morgan fingerprint density at radius 1 is 1.23 bits per heavy atom. The fourth-order valence-corrected chi connectivity index (χ4v) is 6.83. The van der Waals surface area contributed by atoms with Crippen LogP contribution in [-0.2, 0) is 23.9 Å². The summed E-state index contributed by atoms with van der Waals surface area (Å²) in [7, 11) is 0. The number of hydrogen-bond acceptors (Lipinski definition) is 6. The molecule has 0 saturated carbocycles. The average Bonchev–Trinajstić information content (AvgIpc) is 3.50. The maximum absolute atomic E-state index is 14.4. The molecule has 4 rings (SSSR count). The highest BCUT2D eigenvalue weighted by molar-refractivity contribution is 5.98. The van der Waals surface area contributed by atoms with Crippen LogP contribution in [0.5, 0.6) is 0 Å². The predicted octanol–water partition coefficient (Wildman–Crippen LogP) is 3.81. The smallest absolute Gasteiger partial charge is 0.312 e. The molecular weight excluding hydrogens is 496 g/mol. The minimum absolute atomic E-state index is 0.227. The second-order valence-corrected chi connectivity index (χ2v) is 11.1. The Bertz CT molecular complexity index is 1080. The van der Waals surface area contributed by atoms with E-state index < -0.39 is 41.1 Å². The van der Waals surface area contributed by atoms with Crippen LogP contribution in [-0.4, -0.2) is 76.2 Å². The van der Waals surface area contributed by atoms with Gasteiger partial charge in [0.2, 0.25) is 11.8 Å². The number of ether oxygens (including phenoxy) is 2. The Labute approximate surface area is 231 Å². The molecule has 1 spiro atoms. The van der Waals surface area contributed by atoms with Gasteiger partial charge in [0.25, 0.3) is 0 Å². The first-order valence-electron chi connectivity index (χ1n) is 14.1. The van der Waals surface area contributed by atoms with E-state index in [0.29, 0.717) is 38.8 Å². The second kappa shape index (κ2) is 12.0. The van der Waals surface area contributed by atoms with Crippen LogP contribution in [0.25, 0.3) is 0 Å². The van der Waals surface area contributed by atoms with Gasteiger partial charge in [-0.05, 0) is 44.6 Å². The summed E-state index contributed by atoms with van der Waals surface area (Å²) in [6.45, 7) is 12.2. The van der Waals surface area contributed by atoms with Crippen molar-refractivity contribution >= 4 is 17.8 Å². The van der Waals surface area contributed by atoms with Crippen LogP contribution in [0.1, 0.15) is 64.0 Å². The number of hydrogen-bond donors (Lipinski definition) is 1. The molecule has 2 bridgehead atoms. The highest BCUT2D eigenvalue weighted by atomic mass is 16.6. The lowest BCUT2D eigenvalue weighted by atomic mass is 9.66. The van der Waals surface area contributed by atoms with E-state index in [2.05, 4.69) is 20.1 Å². The standard InChI is InChI=1S/C31H42N2O6/c1-5-8-13-20-38-29(37)25-24-27(35)33(23(21-34)22-14-11-10-12-15-22)26(31(24)17-16-30(25,4)39-31)28(36)32(18-7-3)19-9-6-2/h5,7,10-12,14-15,23-26,34H,1,3,6,8-9,13,16-21H2,2,4H3/t23-,24+,25+,26?,30-,31?/m1/s1. The number of rotatable bonds is 14. The van der Waals surface area contributed by atoms with E-state index in [0.717, 1.165) is 18.4 Å². The zero-order chi connectivity index (χ0) is 28.2. The Balaban J connectivity index is 1.78. The topological polar surface area (TPSA) is 96.4 Å². The normalized spacial score (nSPS) is 29.7. The van der Waals surface area contributed by atoms with Crippen LogP contribution in [0.15, 0.2) is 55.6 Å². The molecule has 3 fully saturated rings. The molecule has 0 aliphatic carbocycles. The summed E-state index contributed by atoms with van der Waals surface area (Å²) in [6, 6.07) is 7.48. The van der Waals surface area contributed by atoms with Gasteiger partial charge in [0, 0.05) is 13.1 Å². The summed E-state index contributed by atoms with van der Waals surface area (Å²) in [5, 5.41) is 10.6. The third-order valence-electron chi connectivity index (χ3n) is 8.64. The molecule has 39 heavy (non-hydrogen) atoms. The summed E-state index contributed by atoms with van der Waals surface area (Å²) < 4.78 is 12.3. The molecule has 8 heteroatoms. The zero-order valence-electron chi connectivity index (χ0n) is 23.2. The quantitative estimate of drug-likeness (QED) is 0.220. The minimum Gasteiger partial charge on any atom is -0.465 e. The van der Waals surface area contributed by atoms with Gasteiger partial charge in [-0.2, -0.15) is 0 Å². The summed E-state index contributed by atoms with van der Waals surface area (Å²) in [5.74, 6) is -2.75. The molecule has 6 atom stereocenters. The molecule has 3 aliphatic heterocycles. The number of allylic oxidation sites excluding steroid dienone is 1. The lowest BCUT2D eigenvalue weighted by Gasteiger charge is -2.39. The maximum atomic E-state index is 14.4. The lowest BCUT2D eigenvalue weighted by Crippen LogP contribution is -2.57. The number of fused-ring (bicyclic) bond motifs is 1. The summed E-state index contributed by atoms with van der Waals surface area (Å²) in [6.07, 6.45) is 7.52. The molecule has 2 unspecified atom stereocenters. The predicted molar refractivity (Wildman–Crippen MR) is 147 cm³/mol. The zero-order valence-corrected chi connectivity index (χ0v) is 23.2. The number of carbonyl (C=O) groups is 3. The van der Waals surface area contributed by atoms with E-state index in [1.165, 1.54) is 4.90 Å². The number of esters is 1. The molecular formula is C31H42N2O6. The first-order chi connectivity index (χ1) is 18.8. The summed E-state index contributed by atoms with van der Waals surface area (Å²) in [5.41, 5.74) is -1.37. The molecule has 0 aromatic heterocycles. The van der Waals surface area contributed by atoms with Crippen molar-refractivity contribution in [1.82, 2.24) is 9.80 Å². The minimum atomic E-state index is -1.18. The van der Waals surface area contributed by atoms with Crippen molar-refractivity contribution in [2.75, 3.05) is 26.3 Å². The van der Waals surface area contributed by atoms with Crippen LogP contribution in [0.3, 0.4) is 0 Å². The monoisotopic (exact) mass is 538 g/mol. The highest BCUT2D eigenvalue weighted by Gasteiger charge is 2.79. The van der Waals surface area contributed by atoms with E-state index in [1.807, 2.05) is 37.3 Å². The Kier molecular flexibility index (Phi) is 8.96. The van der Waals surface area contributed by atoms with Gasteiger partial charge in [-0.25, -0.2) is 0 Å². The fourth-order valence-electron chi connectivity index (χ4n) is 6.83. The molecule has 3 saturated heterocycles. The van der Waals surface area contributed by atoms with Crippen molar-refractivity contribution < 1.29 is 29.0 Å². The molecule has 3 aliphatic rings. The molecule has 3 heterocycles. The highest BCUT2D eigenvalue weighted by Crippen LogP contribution is 2.64. The van der Waals surface area contributed by atoms with Gasteiger partial charge in [-0.1, -0.05) is 55.8 Å². The van der Waals surface area contributed by atoms with Gasteiger partial charge in [-0.3, -0.25) is 14.4 Å². The average molecular weight is 539 g/mol.